The lowest BCUT2D eigenvalue weighted by atomic mass is 10.3. The third-order valence-corrected chi connectivity index (χ3v) is 6.42. The summed E-state index contributed by atoms with van der Waals surface area (Å²) in [5, 5.41) is 5.22. The van der Waals surface area contributed by atoms with Crippen LogP contribution in [0.4, 0.5) is 5.69 Å². The highest BCUT2D eigenvalue weighted by Gasteiger charge is 2.24. The average molecular weight is 486 g/mol. The second-order valence-corrected chi connectivity index (χ2v) is 9.01. The number of nitrogens with zero attached hydrogens (tertiary/aromatic N) is 2. The molecule has 0 bridgehead atoms. The van der Waals surface area contributed by atoms with Crippen molar-refractivity contribution < 1.29 is 22.6 Å². The van der Waals surface area contributed by atoms with Crippen LogP contribution >= 0.6 is 23.2 Å². The predicted octanol–water partition coefficient (Wildman–Crippen LogP) is 4.66. The molecule has 31 heavy (non-hydrogen) atoms. The normalized spacial score (nSPS) is 11.3. The zero-order valence-electron chi connectivity index (χ0n) is 17.3. The maximum Gasteiger partial charge on any atom is 0.265 e. The van der Waals surface area contributed by atoms with Gasteiger partial charge in [0, 0.05) is 11.1 Å². The molecule has 0 fully saturated rings. The number of sulfonamides is 1. The van der Waals surface area contributed by atoms with Crippen molar-refractivity contribution in [3.05, 3.63) is 57.8 Å². The Balaban J connectivity index is 1.87. The lowest BCUT2D eigenvalue weighted by Crippen LogP contribution is -2.16. The molecule has 2 aromatic carbocycles. The number of methoxy groups -OCH3 is 2. The van der Waals surface area contributed by atoms with E-state index in [1.807, 2.05) is 0 Å². The van der Waals surface area contributed by atoms with E-state index in [0.29, 0.717) is 38.6 Å². The van der Waals surface area contributed by atoms with Crippen molar-refractivity contribution in [2.45, 2.75) is 25.5 Å². The molecular formula is C20H21Cl2N3O5S. The molecule has 8 nitrogen and oxygen atoms in total. The summed E-state index contributed by atoms with van der Waals surface area (Å²) in [6.45, 7) is 3.45. The molecule has 11 heteroatoms. The van der Waals surface area contributed by atoms with Gasteiger partial charge in [0.2, 0.25) is 0 Å². The minimum Gasteiger partial charge on any atom is -0.497 e. The average Bonchev–Trinajstić information content (AvgIpc) is 2.99. The van der Waals surface area contributed by atoms with Crippen molar-refractivity contribution in [2.75, 3.05) is 18.9 Å². The van der Waals surface area contributed by atoms with Gasteiger partial charge in [-0.05, 0) is 44.2 Å². The van der Waals surface area contributed by atoms with Crippen molar-refractivity contribution in [1.82, 2.24) is 9.78 Å². The Bertz CT molecular complexity index is 1210. The maximum absolute atomic E-state index is 13.1. The molecule has 3 rings (SSSR count). The van der Waals surface area contributed by atoms with Crippen LogP contribution in [0.5, 0.6) is 17.2 Å². The number of anilines is 1. The van der Waals surface area contributed by atoms with Crippen LogP contribution in [0.3, 0.4) is 0 Å². The second kappa shape index (κ2) is 9.25. The Morgan fingerprint density at radius 1 is 1.03 bits per heavy atom. The fraction of sp³-hybridized carbons (Fsp3) is 0.250. The number of aryl methyl sites for hydroxylation is 1. The first-order chi connectivity index (χ1) is 14.7. The molecule has 0 amide bonds. The highest BCUT2D eigenvalue weighted by molar-refractivity contribution is 7.92. The fourth-order valence-electron chi connectivity index (χ4n) is 2.88. The summed E-state index contributed by atoms with van der Waals surface area (Å²) in [6.07, 6.45) is 0. The Morgan fingerprint density at radius 2 is 1.74 bits per heavy atom. The van der Waals surface area contributed by atoms with E-state index >= 15 is 0 Å². The lowest BCUT2D eigenvalue weighted by Gasteiger charge is -2.13. The summed E-state index contributed by atoms with van der Waals surface area (Å²) in [6, 6.07) is 9.41. The van der Waals surface area contributed by atoms with Gasteiger partial charge in [-0.25, -0.2) is 13.1 Å². The van der Waals surface area contributed by atoms with E-state index in [1.54, 1.807) is 38.1 Å². The van der Waals surface area contributed by atoms with Crippen LogP contribution in [-0.4, -0.2) is 32.4 Å². The Labute approximate surface area is 190 Å². The molecule has 0 spiro atoms. The zero-order chi connectivity index (χ0) is 22.8. The van der Waals surface area contributed by atoms with Crippen molar-refractivity contribution in [2.24, 2.45) is 0 Å². The van der Waals surface area contributed by atoms with Gasteiger partial charge in [0.05, 0.1) is 36.3 Å². The Kier molecular flexibility index (Phi) is 6.88. The van der Waals surface area contributed by atoms with E-state index in [-0.39, 0.29) is 17.4 Å². The minimum atomic E-state index is -3.98. The van der Waals surface area contributed by atoms with Crippen LogP contribution in [0.25, 0.3) is 0 Å². The quantitative estimate of drug-likeness (QED) is 0.498. The first kappa shape index (κ1) is 23.1. The molecule has 0 unspecified atom stereocenters. The van der Waals surface area contributed by atoms with Gasteiger partial charge in [0.15, 0.2) is 6.73 Å². The van der Waals surface area contributed by atoms with Gasteiger partial charge in [-0.15, -0.1) is 0 Å². The summed E-state index contributed by atoms with van der Waals surface area (Å²) < 4.78 is 46.3. The first-order valence-corrected chi connectivity index (χ1v) is 11.3. The van der Waals surface area contributed by atoms with Crippen LogP contribution in [-0.2, 0) is 16.8 Å². The molecule has 1 N–H and O–H groups in total. The zero-order valence-corrected chi connectivity index (χ0v) is 19.6. The van der Waals surface area contributed by atoms with E-state index in [1.165, 1.54) is 31.0 Å². The van der Waals surface area contributed by atoms with Crippen molar-refractivity contribution >= 4 is 38.9 Å². The second-order valence-electron chi connectivity index (χ2n) is 6.52. The molecule has 0 aliphatic rings. The third kappa shape index (κ3) is 5.00. The molecule has 1 heterocycles. The summed E-state index contributed by atoms with van der Waals surface area (Å²) >= 11 is 12.0. The van der Waals surface area contributed by atoms with Crippen LogP contribution in [0.2, 0.25) is 10.0 Å². The van der Waals surface area contributed by atoms with Crippen LogP contribution in [0, 0.1) is 13.8 Å². The highest BCUT2D eigenvalue weighted by Crippen LogP contribution is 2.32. The van der Waals surface area contributed by atoms with Gasteiger partial charge in [0.25, 0.3) is 10.0 Å². The topological polar surface area (TPSA) is 91.7 Å². The van der Waals surface area contributed by atoms with E-state index in [2.05, 4.69) is 9.82 Å². The maximum atomic E-state index is 13.1. The number of benzene rings is 2. The molecule has 0 saturated carbocycles. The van der Waals surface area contributed by atoms with E-state index in [9.17, 15) is 8.42 Å². The molecule has 0 radical (unpaired) electrons. The summed E-state index contributed by atoms with van der Waals surface area (Å²) in [5.41, 5.74) is 1.39. The standard InChI is InChI=1S/C20H21Cl2N3O5S/c1-12-20(24-31(26,27)19-10-15(28-3)6-8-18(19)29-4)13(2)25(23-12)11-30-17-7-5-14(21)9-16(17)22/h5-10,24H,11H2,1-4H3. The number of nitrogens with one attached hydrogen (secondary N) is 1. The summed E-state index contributed by atoms with van der Waals surface area (Å²) in [4.78, 5) is -0.0508. The molecule has 0 saturated heterocycles. The van der Waals surface area contributed by atoms with Gasteiger partial charge in [-0.2, -0.15) is 5.10 Å². The summed E-state index contributed by atoms with van der Waals surface area (Å²) in [5.74, 6) is 1.01. The third-order valence-electron chi connectivity index (χ3n) is 4.51. The summed E-state index contributed by atoms with van der Waals surface area (Å²) in [7, 11) is -1.13. The molecule has 0 aliphatic heterocycles. The number of hydrogen-bond donors (Lipinski definition) is 1. The van der Waals surface area contributed by atoms with Crippen molar-refractivity contribution in [3.63, 3.8) is 0 Å². The predicted molar refractivity (Wildman–Crippen MR) is 119 cm³/mol. The fourth-order valence-corrected chi connectivity index (χ4v) is 4.70. The Morgan fingerprint density at radius 3 is 2.39 bits per heavy atom. The first-order valence-electron chi connectivity index (χ1n) is 9.03. The van der Waals surface area contributed by atoms with Crippen molar-refractivity contribution in [3.8, 4) is 17.2 Å². The lowest BCUT2D eigenvalue weighted by molar-refractivity contribution is 0.218. The van der Waals surface area contributed by atoms with Gasteiger partial charge < -0.3 is 14.2 Å². The van der Waals surface area contributed by atoms with E-state index < -0.39 is 10.0 Å². The number of rotatable bonds is 8. The molecule has 3 aromatic rings. The van der Waals surface area contributed by atoms with Gasteiger partial charge in [-0.1, -0.05) is 23.2 Å². The number of ether oxygens (including phenoxy) is 3. The van der Waals surface area contributed by atoms with Gasteiger partial charge in [0.1, 0.15) is 22.1 Å². The molecule has 1 aromatic heterocycles. The van der Waals surface area contributed by atoms with Gasteiger partial charge >= 0.3 is 0 Å². The highest BCUT2D eigenvalue weighted by atomic mass is 35.5. The van der Waals surface area contributed by atoms with Crippen LogP contribution in [0.15, 0.2) is 41.3 Å². The number of hydrogen-bond acceptors (Lipinski definition) is 6. The smallest absolute Gasteiger partial charge is 0.265 e. The van der Waals surface area contributed by atoms with E-state index in [0.717, 1.165) is 0 Å². The molecule has 0 aliphatic carbocycles. The monoisotopic (exact) mass is 485 g/mol. The molecular weight excluding hydrogens is 465 g/mol. The van der Waals surface area contributed by atoms with E-state index in [4.69, 9.17) is 37.4 Å². The van der Waals surface area contributed by atoms with Crippen molar-refractivity contribution in [1.29, 1.82) is 0 Å². The van der Waals surface area contributed by atoms with Crippen LogP contribution < -0.4 is 18.9 Å². The van der Waals surface area contributed by atoms with Gasteiger partial charge in [-0.3, -0.25) is 4.72 Å². The molecule has 166 valence electrons. The minimum absolute atomic E-state index is 0.0260. The number of aromatic nitrogens is 2. The Hall–Kier alpha value is -2.62. The van der Waals surface area contributed by atoms with Crippen LogP contribution in [0.1, 0.15) is 11.4 Å². The largest absolute Gasteiger partial charge is 0.497 e. The number of halogens is 2. The SMILES string of the molecule is COc1ccc(OC)c(S(=O)(=O)Nc2c(C)nn(COc3ccc(Cl)cc3Cl)c2C)c1. The molecule has 0 atom stereocenters.